The van der Waals surface area contributed by atoms with Gasteiger partial charge in [0.15, 0.2) is 0 Å². The SMILES string of the molecule is O=C1[C@@H]2[C@H](C(=O)N1Cc1ccc(Cl)cc1Cl)[C@H]1C=C[C@@H]2C12CC2. The molecule has 2 bridgehead atoms. The number of rotatable bonds is 2. The second-order valence-electron chi connectivity index (χ2n) is 7.22. The minimum atomic E-state index is -0.147. The maximum Gasteiger partial charge on any atom is 0.234 e. The van der Waals surface area contributed by atoms with E-state index in [1.165, 1.54) is 4.90 Å². The van der Waals surface area contributed by atoms with Crippen LogP contribution >= 0.6 is 23.2 Å². The Morgan fingerprint density at radius 2 is 1.65 bits per heavy atom. The Kier molecular flexibility index (Phi) is 2.69. The van der Waals surface area contributed by atoms with Crippen molar-refractivity contribution in [2.24, 2.45) is 29.1 Å². The van der Waals surface area contributed by atoms with E-state index in [9.17, 15) is 9.59 Å². The molecule has 0 N–H and O–H groups in total. The minimum absolute atomic E-state index is 0.0193. The van der Waals surface area contributed by atoms with Crippen molar-refractivity contribution in [1.82, 2.24) is 4.90 Å². The fourth-order valence-electron chi connectivity index (χ4n) is 5.12. The van der Waals surface area contributed by atoms with Crippen molar-refractivity contribution >= 4 is 35.0 Å². The van der Waals surface area contributed by atoms with Crippen LogP contribution in [0.2, 0.25) is 10.0 Å². The van der Waals surface area contributed by atoms with Crippen LogP contribution in [0.3, 0.4) is 0 Å². The van der Waals surface area contributed by atoms with Gasteiger partial charge in [0.1, 0.15) is 0 Å². The number of benzene rings is 1. The van der Waals surface area contributed by atoms with Gasteiger partial charge in [-0.3, -0.25) is 14.5 Å². The predicted octanol–water partition coefficient (Wildman–Crippen LogP) is 3.69. The van der Waals surface area contributed by atoms with Crippen LogP contribution in [0.4, 0.5) is 0 Å². The van der Waals surface area contributed by atoms with Crippen molar-refractivity contribution in [2.45, 2.75) is 19.4 Å². The van der Waals surface area contributed by atoms with E-state index in [0.29, 0.717) is 10.0 Å². The van der Waals surface area contributed by atoms with Crippen molar-refractivity contribution in [3.63, 3.8) is 0 Å². The fourth-order valence-corrected chi connectivity index (χ4v) is 5.58. The first-order valence-electron chi connectivity index (χ1n) is 8.00. The topological polar surface area (TPSA) is 37.4 Å². The molecule has 1 saturated heterocycles. The van der Waals surface area contributed by atoms with Gasteiger partial charge in [0, 0.05) is 10.0 Å². The number of carbonyl (C=O) groups excluding carboxylic acids is 2. The minimum Gasteiger partial charge on any atom is -0.278 e. The van der Waals surface area contributed by atoms with Crippen LogP contribution in [0.1, 0.15) is 18.4 Å². The number of amides is 2. The predicted molar refractivity (Wildman–Crippen MR) is 86.8 cm³/mol. The molecular formula is C18H15Cl2NO2. The van der Waals surface area contributed by atoms with Gasteiger partial charge in [-0.25, -0.2) is 0 Å². The van der Waals surface area contributed by atoms with Crippen molar-refractivity contribution in [1.29, 1.82) is 0 Å². The number of carbonyl (C=O) groups is 2. The highest BCUT2D eigenvalue weighted by atomic mass is 35.5. The van der Waals surface area contributed by atoms with E-state index in [0.717, 1.165) is 18.4 Å². The van der Waals surface area contributed by atoms with Crippen LogP contribution in [0.25, 0.3) is 0 Å². The molecule has 1 aromatic rings. The lowest BCUT2D eigenvalue weighted by Crippen LogP contribution is -2.34. The standard InChI is InChI=1S/C18H15Cl2NO2/c19-10-2-1-9(13(20)7-10)8-21-16(22)14-11-3-4-12(15(14)17(21)23)18(11)5-6-18/h1-4,7,11-12,14-15H,5-6,8H2/t11-,12+,14-,15+. The Morgan fingerprint density at radius 1 is 1.04 bits per heavy atom. The molecule has 1 heterocycles. The Labute approximate surface area is 144 Å². The molecule has 3 aliphatic carbocycles. The quantitative estimate of drug-likeness (QED) is 0.604. The lowest BCUT2D eigenvalue weighted by molar-refractivity contribution is -0.141. The maximum atomic E-state index is 12.9. The van der Waals surface area contributed by atoms with E-state index in [-0.39, 0.29) is 47.4 Å². The van der Waals surface area contributed by atoms with Gasteiger partial charge in [-0.2, -0.15) is 0 Å². The van der Waals surface area contributed by atoms with E-state index in [1.807, 2.05) is 0 Å². The molecular weight excluding hydrogens is 333 g/mol. The van der Waals surface area contributed by atoms with E-state index >= 15 is 0 Å². The van der Waals surface area contributed by atoms with Gasteiger partial charge in [-0.15, -0.1) is 0 Å². The molecule has 0 radical (unpaired) electrons. The Bertz CT molecular complexity index is 749. The highest BCUT2D eigenvalue weighted by Gasteiger charge is 2.73. The third-order valence-electron chi connectivity index (χ3n) is 6.29. The highest BCUT2D eigenvalue weighted by Crippen LogP contribution is 2.73. The maximum absolute atomic E-state index is 12.9. The third-order valence-corrected chi connectivity index (χ3v) is 6.87. The number of likely N-dealkylation sites (tertiary alicyclic amines) is 1. The zero-order valence-electron chi connectivity index (χ0n) is 12.3. The Morgan fingerprint density at radius 3 is 2.17 bits per heavy atom. The molecule has 2 amide bonds. The van der Waals surface area contributed by atoms with Crippen molar-refractivity contribution in [2.75, 3.05) is 0 Å². The summed E-state index contributed by atoms with van der Waals surface area (Å²) in [4.78, 5) is 27.2. The van der Waals surface area contributed by atoms with Gasteiger partial charge in [-0.1, -0.05) is 41.4 Å². The summed E-state index contributed by atoms with van der Waals surface area (Å²) in [7, 11) is 0. The molecule has 118 valence electrons. The lowest BCUT2D eigenvalue weighted by atomic mass is 9.85. The van der Waals surface area contributed by atoms with E-state index in [2.05, 4.69) is 12.2 Å². The molecule has 0 aromatic heterocycles. The van der Waals surface area contributed by atoms with Crippen LogP contribution in [0.15, 0.2) is 30.4 Å². The first-order valence-corrected chi connectivity index (χ1v) is 8.76. The van der Waals surface area contributed by atoms with Crippen LogP contribution in [-0.2, 0) is 16.1 Å². The number of hydrogen-bond acceptors (Lipinski definition) is 2. The molecule has 3 nitrogen and oxygen atoms in total. The van der Waals surface area contributed by atoms with Gasteiger partial charge >= 0.3 is 0 Å². The smallest absolute Gasteiger partial charge is 0.234 e. The van der Waals surface area contributed by atoms with Gasteiger partial charge in [0.25, 0.3) is 0 Å². The van der Waals surface area contributed by atoms with Gasteiger partial charge in [0.05, 0.1) is 18.4 Å². The van der Waals surface area contributed by atoms with Crippen LogP contribution in [0.5, 0.6) is 0 Å². The number of hydrogen-bond donors (Lipinski definition) is 0. The number of halogens is 2. The molecule has 1 spiro atoms. The Hall–Kier alpha value is -1.32. The fraction of sp³-hybridized carbons (Fsp3) is 0.444. The van der Waals surface area contributed by atoms with Crippen molar-refractivity contribution in [3.05, 3.63) is 46.0 Å². The summed E-state index contributed by atoms with van der Waals surface area (Å²) in [5.74, 6) is 0.194. The summed E-state index contributed by atoms with van der Waals surface area (Å²) in [5, 5.41) is 1.04. The summed E-state index contributed by atoms with van der Waals surface area (Å²) in [6.07, 6.45) is 6.68. The molecule has 23 heavy (non-hydrogen) atoms. The first kappa shape index (κ1) is 14.1. The monoisotopic (exact) mass is 347 g/mol. The second kappa shape index (κ2) is 4.40. The first-order chi connectivity index (χ1) is 11.0. The molecule has 1 aliphatic heterocycles. The van der Waals surface area contributed by atoms with E-state index in [1.54, 1.807) is 18.2 Å². The second-order valence-corrected chi connectivity index (χ2v) is 8.06. The van der Waals surface area contributed by atoms with Crippen LogP contribution in [0, 0.1) is 29.1 Å². The largest absolute Gasteiger partial charge is 0.278 e. The van der Waals surface area contributed by atoms with Gasteiger partial charge in [0.2, 0.25) is 11.8 Å². The zero-order valence-corrected chi connectivity index (χ0v) is 13.8. The third kappa shape index (κ3) is 1.67. The number of nitrogens with zero attached hydrogens (tertiary/aromatic N) is 1. The number of allylic oxidation sites excluding steroid dienone is 2. The summed E-state index contributed by atoms with van der Waals surface area (Å²) in [5.41, 5.74) is 1.00. The molecule has 4 atom stereocenters. The molecule has 5 heteroatoms. The van der Waals surface area contributed by atoms with Crippen molar-refractivity contribution in [3.8, 4) is 0 Å². The van der Waals surface area contributed by atoms with E-state index in [4.69, 9.17) is 23.2 Å². The number of imide groups is 1. The van der Waals surface area contributed by atoms with Crippen LogP contribution in [-0.4, -0.2) is 16.7 Å². The molecule has 3 fully saturated rings. The van der Waals surface area contributed by atoms with Crippen LogP contribution < -0.4 is 0 Å². The van der Waals surface area contributed by atoms with Gasteiger partial charge in [-0.05, 0) is 47.8 Å². The molecule has 5 rings (SSSR count). The molecule has 2 saturated carbocycles. The van der Waals surface area contributed by atoms with Crippen molar-refractivity contribution < 1.29 is 9.59 Å². The van der Waals surface area contributed by atoms with E-state index < -0.39 is 0 Å². The normalized spacial score (nSPS) is 35.5. The zero-order chi connectivity index (χ0) is 15.9. The molecule has 0 unspecified atom stereocenters. The summed E-state index contributed by atoms with van der Waals surface area (Å²) >= 11 is 12.1. The lowest BCUT2D eigenvalue weighted by Gasteiger charge is -2.22. The van der Waals surface area contributed by atoms with Gasteiger partial charge < -0.3 is 0 Å². The average Bonchev–Trinajstić information content (AvgIpc) is 3.12. The average molecular weight is 348 g/mol. The summed E-state index contributed by atoms with van der Waals surface area (Å²) in [6.45, 7) is 0.243. The number of fused-ring (bicyclic) bond motifs is 3. The molecule has 4 aliphatic rings. The summed E-state index contributed by atoms with van der Waals surface area (Å²) < 4.78 is 0. The Balaban J connectivity index is 1.46. The summed E-state index contributed by atoms with van der Waals surface area (Å²) in [6, 6.07) is 5.17. The highest BCUT2D eigenvalue weighted by molar-refractivity contribution is 6.35. The molecule has 1 aromatic carbocycles.